The number of methoxy groups -OCH3 is 1. The number of nitrogens with zero attached hydrogens (tertiary/aromatic N) is 1. The second-order valence-electron chi connectivity index (χ2n) is 4.38. The molecule has 0 unspecified atom stereocenters. The largest absolute Gasteiger partial charge is 0.504 e. The van der Waals surface area contributed by atoms with Gasteiger partial charge in [0.25, 0.3) is 5.91 Å². The molecular weight excluding hydrogens is 260 g/mol. The maximum Gasteiger partial charge on any atom is 0.329 e. The molecule has 6 heteroatoms. The van der Waals surface area contributed by atoms with Gasteiger partial charge >= 0.3 is 6.03 Å². The first kappa shape index (κ1) is 13.9. The first-order valence-corrected chi connectivity index (χ1v) is 6.28. The van der Waals surface area contributed by atoms with Crippen LogP contribution in [0.25, 0.3) is 6.08 Å². The number of carbonyl (C=O) groups is 2. The molecule has 0 aliphatic carbocycles. The van der Waals surface area contributed by atoms with E-state index in [-0.39, 0.29) is 17.4 Å². The Morgan fingerprint density at radius 2 is 2.15 bits per heavy atom. The van der Waals surface area contributed by atoms with Crippen LogP contribution in [0.2, 0.25) is 0 Å². The summed E-state index contributed by atoms with van der Waals surface area (Å²) in [7, 11) is 1.44. The number of phenols is 1. The standard InChI is InChI=1S/C14H16N2O4/c1-3-6-16-13(18)10(15-14(16)19)7-9-4-5-11(17)12(8-9)20-2/h4-5,7-8,17H,3,6H2,1-2H3,(H,15,19)/b10-7+. The van der Waals surface area contributed by atoms with Gasteiger partial charge in [0, 0.05) is 6.54 Å². The maximum atomic E-state index is 12.0. The molecule has 1 aliphatic heterocycles. The fraction of sp³-hybridized carbons (Fsp3) is 0.286. The van der Waals surface area contributed by atoms with Crippen LogP contribution in [0, 0.1) is 0 Å². The zero-order valence-electron chi connectivity index (χ0n) is 11.3. The molecule has 1 fully saturated rings. The zero-order chi connectivity index (χ0) is 14.7. The molecule has 2 N–H and O–H groups in total. The fourth-order valence-corrected chi connectivity index (χ4v) is 1.95. The third-order valence-corrected chi connectivity index (χ3v) is 2.92. The van der Waals surface area contributed by atoms with Crippen LogP contribution in [0.3, 0.4) is 0 Å². The van der Waals surface area contributed by atoms with E-state index >= 15 is 0 Å². The molecule has 20 heavy (non-hydrogen) atoms. The summed E-state index contributed by atoms with van der Waals surface area (Å²) < 4.78 is 5.00. The number of rotatable bonds is 4. The minimum atomic E-state index is -0.408. The summed E-state index contributed by atoms with van der Waals surface area (Å²) in [6.45, 7) is 2.29. The Morgan fingerprint density at radius 3 is 2.80 bits per heavy atom. The summed E-state index contributed by atoms with van der Waals surface area (Å²) in [6, 6.07) is 4.28. The van der Waals surface area contributed by atoms with Gasteiger partial charge in [0.2, 0.25) is 0 Å². The first-order valence-electron chi connectivity index (χ1n) is 6.28. The van der Waals surface area contributed by atoms with Crippen molar-refractivity contribution >= 4 is 18.0 Å². The molecule has 3 amide bonds. The van der Waals surface area contributed by atoms with Gasteiger partial charge in [-0.25, -0.2) is 4.79 Å². The van der Waals surface area contributed by atoms with Crippen molar-refractivity contribution in [3.8, 4) is 11.5 Å². The smallest absolute Gasteiger partial charge is 0.329 e. The average molecular weight is 276 g/mol. The van der Waals surface area contributed by atoms with Crippen molar-refractivity contribution in [1.82, 2.24) is 10.2 Å². The number of benzene rings is 1. The Hall–Kier alpha value is -2.50. The van der Waals surface area contributed by atoms with E-state index in [2.05, 4.69) is 5.32 Å². The quantitative estimate of drug-likeness (QED) is 0.648. The van der Waals surface area contributed by atoms with E-state index in [4.69, 9.17) is 4.74 Å². The van der Waals surface area contributed by atoms with Crippen molar-refractivity contribution in [2.45, 2.75) is 13.3 Å². The molecule has 0 spiro atoms. The molecule has 0 radical (unpaired) electrons. The summed E-state index contributed by atoms with van der Waals surface area (Å²) >= 11 is 0. The summed E-state index contributed by atoms with van der Waals surface area (Å²) in [6.07, 6.45) is 2.26. The molecule has 0 atom stereocenters. The molecule has 1 heterocycles. The van der Waals surface area contributed by atoms with E-state index < -0.39 is 6.03 Å². The van der Waals surface area contributed by atoms with Crippen molar-refractivity contribution < 1.29 is 19.4 Å². The first-order chi connectivity index (χ1) is 9.56. The average Bonchev–Trinajstić information content (AvgIpc) is 2.69. The number of amides is 3. The number of urea groups is 1. The van der Waals surface area contributed by atoms with Crippen LogP contribution in [0.1, 0.15) is 18.9 Å². The molecule has 1 aromatic rings. The number of aromatic hydroxyl groups is 1. The predicted octanol–water partition coefficient (Wildman–Crippen LogP) is 1.70. The van der Waals surface area contributed by atoms with Crippen LogP contribution in [-0.2, 0) is 4.79 Å². The zero-order valence-corrected chi connectivity index (χ0v) is 11.3. The number of hydrogen-bond donors (Lipinski definition) is 2. The Balaban J connectivity index is 2.28. The van der Waals surface area contributed by atoms with E-state index in [0.29, 0.717) is 24.3 Å². The molecular formula is C14H16N2O4. The van der Waals surface area contributed by atoms with Crippen molar-refractivity contribution in [3.05, 3.63) is 29.5 Å². The monoisotopic (exact) mass is 276 g/mol. The Morgan fingerprint density at radius 1 is 1.40 bits per heavy atom. The third-order valence-electron chi connectivity index (χ3n) is 2.92. The molecule has 0 aromatic heterocycles. The van der Waals surface area contributed by atoms with Gasteiger partial charge < -0.3 is 15.2 Å². The van der Waals surface area contributed by atoms with Crippen LogP contribution in [-0.4, -0.2) is 35.6 Å². The van der Waals surface area contributed by atoms with Crippen LogP contribution in [0.4, 0.5) is 4.79 Å². The third kappa shape index (κ3) is 2.59. The second kappa shape index (κ2) is 5.64. The van der Waals surface area contributed by atoms with Crippen molar-refractivity contribution in [2.75, 3.05) is 13.7 Å². The summed E-state index contributed by atoms with van der Waals surface area (Å²) in [4.78, 5) is 24.8. The number of hydrogen-bond acceptors (Lipinski definition) is 4. The van der Waals surface area contributed by atoms with Crippen LogP contribution >= 0.6 is 0 Å². The van der Waals surface area contributed by atoms with Crippen molar-refractivity contribution in [2.24, 2.45) is 0 Å². The summed E-state index contributed by atoms with van der Waals surface area (Å²) in [5.41, 5.74) is 0.873. The number of carbonyl (C=O) groups excluding carboxylic acids is 2. The van der Waals surface area contributed by atoms with Gasteiger partial charge in [0.15, 0.2) is 11.5 Å². The molecule has 0 bridgehead atoms. The van der Waals surface area contributed by atoms with Crippen molar-refractivity contribution in [1.29, 1.82) is 0 Å². The molecule has 1 aromatic carbocycles. The fourth-order valence-electron chi connectivity index (χ4n) is 1.95. The van der Waals surface area contributed by atoms with Gasteiger partial charge in [-0.3, -0.25) is 9.69 Å². The van der Waals surface area contributed by atoms with Gasteiger partial charge in [0.1, 0.15) is 5.70 Å². The van der Waals surface area contributed by atoms with E-state index in [1.165, 1.54) is 18.1 Å². The lowest BCUT2D eigenvalue weighted by molar-refractivity contribution is -0.122. The summed E-state index contributed by atoms with van der Waals surface area (Å²) in [5, 5.41) is 12.0. The Kier molecular flexibility index (Phi) is 3.93. The topological polar surface area (TPSA) is 78.9 Å². The van der Waals surface area contributed by atoms with Crippen LogP contribution in [0.15, 0.2) is 23.9 Å². The Bertz CT molecular complexity index is 581. The highest BCUT2D eigenvalue weighted by atomic mass is 16.5. The number of imide groups is 1. The van der Waals surface area contributed by atoms with E-state index in [0.717, 1.165) is 0 Å². The van der Waals surface area contributed by atoms with Gasteiger partial charge in [-0.2, -0.15) is 0 Å². The number of nitrogens with one attached hydrogen (secondary N) is 1. The minimum absolute atomic E-state index is 0.0176. The van der Waals surface area contributed by atoms with E-state index in [9.17, 15) is 14.7 Å². The molecule has 6 nitrogen and oxygen atoms in total. The molecule has 0 saturated carbocycles. The van der Waals surface area contributed by atoms with E-state index in [1.807, 2.05) is 6.92 Å². The number of ether oxygens (including phenoxy) is 1. The molecule has 2 rings (SSSR count). The minimum Gasteiger partial charge on any atom is -0.504 e. The number of phenolic OH excluding ortho intramolecular Hbond substituents is 1. The highest BCUT2D eigenvalue weighted by Crippen LogP contribution is 2.27. The second-order valence-corrected chi connectivity index (χ2v) is 4.38. The molecule has 106 valence electrons. The van der Waals surface area contributed by atoms with Gasteiger partial charge in [-0.05, 0) is 30.2 Å². The molecule has 1 saturated heterocycles. The Labute approximate surface area is 116 Å². The van der Waals surface area contributed by atoms with Gasteiger partial charge in [0.05, 0.1) is 7.11 Å². The lowest BCUT2D eigenvalue weighted by Gasteiger charge is -2.08. The van der Waals surface area contributed by atoms with Crippen LogP contribution < -0.4 is 10.1 Å². The SMILES string of the molecule is CCCN1C(=O)N/C(=C/c2ccc(O)c(OC)c2)C1=O. The predicted molar refractivity (Wildman–Crippen MR) is 73.2 cm³/mol. The van der Waals surface area contributed by atoms with Gasteiger partial charge in [-0.1, -0.05) is 13.0 Å². The maximum absolute atomic E-state index is 12.0. The van der Waals surface area contributed by atoms with Gasteiger partial charge in [-0.15, -0.1) is 0 Å². The molecule has 1 aliphatic rings. The highest BCUT2D eigenvalue weighted by Gasteiger charge is 2.32. The highest BCUT2D eigenvalue weighted by molar-refractivity contribution is 6.13. The summed E-state index contributed by atoms with van der Waals surface area (Å²) in [5.74, 6) is -0.0190. The van der Waals surface area contributed by atoms with E-state index in [1.54, 1.807) is 18.2 Å². The normalized spacial score (nSPS) is 16.7. The van der Waals surface area contributed by atoms with Crippen LogP contribution in [0.5, 0.6) is 11.5 Å². The lowest BCUT2D eigenvalue weighted by atomic mass is 10.1. The van der Waals surface area contributed by atoms with Crippen molar-refractivity contribution in [3.63, 3.8) is 0 Å². The lowest BCUT2D eigenvalue weighted by Crippen LogP contribution is -2.31.